The third-order valence-corrected chi connectivity index (χ3v) is 5.56. The van der Waals surface area contributed by atoms with Gasteiger partial charge < -0.3 is 10.1 Å². The monoisotopic (exact) mass is 350 g/mol. The van der Waals surface area contributed by atoms with Gasteiger partial charge in [0, 0.05) is 18.2 Å². The molecule has 0 saturated carbocycles. The number of rotatable bonds is 5. The predicted molar refractivity (Wildman–Crippen MR) is 103 cm³/mol. The summed E-state index contributed by atoms with van der Waals surface area (Å²) in [5.41, 5.74) is 1.88. The van der Waals surface area contributed by atoms with Crippen LogP contribution in [0.2, 0.25) is 0 Å². The number of benzene rings is 2. The van der Waals surface area contributed by atoms with Gasteiger partial charge in [0.2, 0.25) is 0 Å². The fourth-order valence-electron chi connectivity index (χ4n) is 4.11. The molecule has 2 fully saturated rings. The summed E-state index contributed by atoms with van der Waals surface area (Å²) in [6.07, 6.45) is 3.23. The number of ketones is 1. The minimum atomic E-state index is 0.0306. The molecule has 2 aromatic carbocycles. The van der Waals surface area contributed by atoms with Crippen LogP contribution in [-0.2, 0) is 0 Å². The molecule has 0 radical (unpaired) electrons. The smallest absolute Gasteiger partial charge is 0.179 e. The molecule has 136 valence electrons. The Hall–Kier alpha value is -2.17. The molecule has 2 aromatic rings. The molecule has 2 heterocycles. The summed E-state index contributed by atoms with van der Waals surface area (Å²) >= 11 is 0. The van der Waals surface area contributed by atoms with Gasteiger partial charge in [-0.3, -0.25) is 9.69 Å². The minimum absolute atomic E-state index is 0.0306. The van der Waals surface area contributed by atoms with Crippen molar-refractivity contribution in [2.45, 2.75) is 38.3 Å². The van der Waals surface area contributed by atoms with E-state index in [9.17, 15) is 4.79 Å². The first kappa shape index (κ1) is 17.3. The van der Waals surface area contributed by atoms with Gasteiger partial charge in [-0.15, -0.1) is 0 Å². The molecule has 4 nitrogen and oxygen atoms in total. The average molecular weight is 350 g/mol. The van der Waals surface area contributed by atoms with Gasteiger partial charge in [-0.1, -0.05) is 18.2 Å². The van der Waals surface area contributed by atoms with E-state index in [0.717, 1.165) is 61.5 Å². The fourth-order valence-corrected chi connectivity index (χ4v) is 4.11. The quantitative estimate of drug-likeness (QED) is 0.833. The molecule has 0 aliphatic carbocycles. The molecule has 0 amide bonds. The van der Waals surface area contributed by atoms with Crippen molar-refractivity contribution in [2.75, 3.05) is 19.6 Å². The minimum Gasteiger partial charge on any atom is -0.457 e. The van der Waals surface area contributed by atoms with Crippen LogP contribution in [0.3, 0.4) is 0 Å². The van der Waals surface area contributed by atoms with Crippen LogP contribution < -0.4 is 10.1 Å². The molecule has 4 rings (SSSR count). The molecule has 4 heteroatoms. The lowest BCUT2D eigenvalue weighted by Crippen LogP contribution is -2.44. The highest BCUT2D eigenvalue weighted by atomic mass is 16.5. The Morgan fingerprint density at radius 1 is 1.12 bits per heavy atom. The van der Waals surface area contributed by atoms with Gasteiger partial charge in [-0.2, -0.15) is 0 Å². The van der Waals surface area contributed by atoms with Gasteiger partial charge in [-0.25, -0.2) is 0 Å². The highest BCUT2D eigenvalue weighted by molar-refractivity contribution is 6.00. The van der Waals surface area contributed by atoms with E-state index in [-0.39, 0.29) is 11.8 Å². The molecule has 26 heavy (non-hydrogen) atoms. The third-order valence-electron chi connectivity index (χ3n) is 5.56. The molecule has 0 bridgehead atoms. The van der Waals surface area contributed by atoms with Crippen LogP contribution >= 0.6 is 0 Å². The van der Waals surface area contributed by atoms with Crippen molar-refractivity contribution in [2.24, 2.45) is 0 Å². The molecule has 2 saturated heterocycles. The lowest BCUT2D eigenvalue weighted by Gasteiger charge is -2.29. The number of ether oxygens (including phenoxy) is 1. The highest BCUT2D eigenvalue weighted by Crippen LogP contribution is 2.28. The maximum atomic E-state index is 13.0. The van der Waals surface area contributed by atoms with Gasteiger partial charge in [0.15, 0.2) is 5.78 Å². The van der Waals surface area contributed by atoms with Crippen LogP contribution in [-0.4, -0.2) is 42.4 Å². The van der Waals surface area contributed by atoms with Crippen molar-refractivity contribution in [3.05, 3.63) is 59.7 Å². The van der Waals surface area contributed by atoms with Gasteiger partial charge in [0.1, 0.15) is 11.5 Å². The molecule has 2 aliphatic heterocycles. The van der Waals surface area contributed by atoms with Crippen molar-refractivity contribution in [3.63, 3.8) is 0 Å². The maximum Gasteiger partial charge on any atom is 0.179 e. The molecule has 2 atom stereocenters. The van der Waals surface area contributed by atoms with E-state index >= 15 is 0 Å². The number of aryl methyl sites for hydroxylation is 1. The number of para-hydroxylation sites is 1. The van der Waals surface area contributed by atoms with Gasteiger partial charge in [0.25, 0.3) is 0 Å². The van der Waals surface area contributed by atoms with Crippen LogP contribution in [0.15, 0.2) is 48.5 Å². The van der Waals surface area contributed by atoms with Crippen molar-refractivity contribution >= 4 is 5.78 Å². The summed E-state index contributed by atoms with van der Waals surface area (Å²) in [4.78, 5) is 15.5. The summed E-state index contributed by atoms with van der Waals surface area (Å²) in [5.74, 6) is 1.86. The van der Waals surface area contributed by atoms with Crippen molar-refractivity contribution in [1.29, 1.82) is 0 Å². The van der Waals surface area contributed by atoms with Crippen LogP contribution in [0, 0.1) is 6.92 Å². The first-order valence-electron chi connectivity index (χ1n) is 9.56. The zero-order valence-corrected chi connectivity index (χ0v) is 15.3. The molecule has 2 unspecified atom stereocenters. The zero-order chi connectivity index (χ0) is 17.9. The standard InChI is InChI=1S/C22H26N2O2/c1-16-5-2-3-7-21(16)26-19-10-8-17(9-11-19)22(25)20-6-4-14-24(20)18-12-13-23-15-18/h2-3,5,7-11,18,20,23H,4,6,12-15H2,1H3. The molecule has 0 spiro atoms. The third kappa shape index (κ3) is 3.53. The second kappa shape index (κ2) is 7.60. The summed E-state index contributed by atoms with van der Waals surface area (Å²) in [7, 11) is 0. The van der Waals surface area contributed by atoms with E-state index in [1.165, 1.54) is 0 Å². The van der Waals surface area contributed by atoms with E-state index in [1.54, 1.807) is 0 Å². The Morgan fingerprint density at radius 3 is 2.65 bits per heavy atom. The number of likely N-dealkylation sites (tertiary alicyclic amines) is 1. The average Bonchev–Trinajstić information content (AvgIpc) is 3.35. The zero-order valence-electron chi connectivity index (χ0n) is 15.3. The normalized spacial score (nSPS) is 23.3. The summed E-state index contributed by atoms with van der Waals surface area (Å²) in [6.45, 7) is 5.14. The van der Waals surface area contributed by atoms with Gasteiger partial charge >= 0.3 is 0 Å². The lowest BCUT2D eigenvalue weighted by atomic mass is 10.0. The van der Waals surface area contributed by atoms with Crippen LogP contribution in [0.5, 0.6) is 11.5 Å². The van der Waals surface area contributed by atoms with E-state index < -0.39 is 0 Å². The Labute approximate surface area is 155 Å². The molecule has 1 N–H and O–H groups in total. The predicted octanol–water partition coefficient (Wildman–Crippen LogP) is 3.80. The van der Waals surface area contributed by atoms with Crippen LogP contribution in [0.25, 0.3) is 0 Å². The second-order valence-electron chi connectivity index (χ2n) is 7.30. The number of Topliss-reactive ketones (excluding diaryl/α,β-unsaturated/α-hetero) is 1. The number of nitrogens with one attached hydrogen (secondary N) is 1. The molecular formula is C22H26N2O2. The topological polar surface area (TPSA) is 41.6 Å². The van der Waals surface area contributed by atoms with E-state index in [1.807, 2.05) is 55.5 Å². The summed E-state index contributed by atoms with van der Waals surface area (Å²) in [6, 6.07) is 16.1. The van der Waals surface area contributed by atoms with E-state index in [4.69, 9.17) is 4.74 Å². The van der Waals surface area contributed by atoms with Crippen LogP contribution in [0.1, 0.15) is 35.2 Å². The Morgan fingerprint density at radius 2 is 1.92 bits per heavy atom. The largest absolute Gasteiger partial charge is 0.457 e. The maximum absolute atomic E-state index is 13.0. The number of hydrogen-bond acceptors (Lipinski definition) is 4. The Kier molecular flexibility index (Phi) is 5.05. The summed E-state index contributed by atoms with van der Waals surface area (Å²) < 4.78 is 5.94. The van der Waals surface area contributed by atoms with Crippen LogP contribution in [0.4, 0.5) is 0 Å². The number of carbonyl (C=O) groups is 1. The lowest BCUT2D eigenvalue weighted by molar-refractivity contribution is 0.0826. The number of carbonyl (C=O) groups excluding carboxylic acids is 1. The van der Waals surface area contributed by atoms with Crippen molar-refractivity contribution in [1.82, 2.24) is 10.2 Å². The number of nitrogens with zero attached hydrogens (tertiary/aromatic N) is 1. The van der Waals surface area contributed by atoms with Crippen molar-refractivity contribution < 1.29 is 9.53 Å². The first-order valence-corrected chi connectivity index (χ1v) is 9.56. The van der Waals surface area contributed by atoms with Crippen molar-refractivity contribution in [3.8, 4) is 11.5 Å². The van der Waals surface area contributed by atoms with Gasteiger partial charge in [-0.05, 0) is 75.2 Å². The van der Waals surface area contributed by atoms with E-state index in [2.05, 4.69) is 10.2 Å². The van der Waals surface area contributed by atoms with Gasteiger partial charge in [0.05, 0.1) is 6.04 Å². The Balaban J connectivity index is 1.46. The highest BCUT2D eigenvalue weighted by Gasteiger charge is 2.36. The first-order chi connectivity index (χ1) is 12.7. The fraction of sp³-hybridized carbons (Fsp3) is 0.409. The molecule has 0 aromatic heterocycles. The SMILES string of the molecule is Cc1ccccc1Oc1ccc(C(=O)C2CCCN2C2CCNC2)cc1. The number of hydrogen-bond donors (Lipinski definition) is 1. The van der Waals surface area contributed by atoms with E-state index in [0.29, 0.717) is 6.04 Å². The molecular weight excluding hydrogens is 324 g/mol. The molecule has 2 aliphatic rings. The Bertz CT molecular complexity index is 766. The summed E-state index contributed by atoms with van der Waals surface area (Å²) in [5, 5.41) is 3.41. The second-order valence-corrected chi connectivity index (χ2v) is 7.30.